The average molecular weight is 299 g/mol. The Kier molecular flexibility index (Phi) is 2.74. The van der Waals surface area contributed by atoms with Crippen LogP contribution in [-0.4, -0.2) is 22.4 Å². The van der Waals surface area contributed by atoms with Gasteiger partial charge >= 0.3 is 0 Å². The molecule has 1 heterocycles. The molecule has 5 aliphatic carbocycles. The first-order valence-electron chi connectivity index (χ1n) is 8.97. The average Bonchev–Trinajstić information content (AvgIpc) is 3.09. The second-order valence-corrected chi connectivity index (χ2v) is 8.59. The Morgan fingerprint density at radius 2 is 1.86 bits per heavy atom. The van der Waals surface area contributed by atoms with Gasteiger partial charge in [0.1, 0.15) is 0 Å². The lowest BCUT2D eigenvalue weighted by Crippen LogP contribution is -2.51. The van der Waals surface area contributed by atoms with Crippen molar-refractivity contribution < 1.29 is 4.79 Å². The van der Waals surface area contributed by atoms with Crippen molar-refractivity contribution in [2.75, 3.05) is 6.54 Å². The Labute approximate surface area is 131 Å². The highest BCUT2D eigenvalue weighted by molar-refractivity contribution is 5.82. The highest BCUT2D eigenvalue weighted by atomic mass is 16.2. The number of amides is 1. The molecule has 5 aliphatic rings. The maximum absolute atomic E-state index is 12.5. The van der Waals surface area contributed by atoms with Crippen molar-refractivity contribution in [2.24, 2.45) is 29.1 Å². The molecule has 4 bridgehead atoms. The minimum Gasteiger partial charge on any atom is -0.355 e. The minimum absolute atomic E-state index is 0.175. The SMILES string of the molecule is O=C(NCC12CC3CC(CC(C3)C1)C2)C1CC1c1cnc[nH]1. The molecule has 4 nitrogen and oxygen atoms in total. The molecule has 1 aromatic rings. The van der Waals surface area contributed by atoms with E-state index in [0.29, 0.717) is 11.3 Å². The minimum atomic E-state index is 0.175. The number of H-pyrrole nitrogens is 1. The molecule has 6 rings (SSSR count). The van der Waals surface area contributed by atoms with Gasteiger partial charge in [-0.1, -0.05) is 0 Å². The first-order chi connectivity index (χ1) is 10.7. The molecular weight excluding hydrogens is 274 g/mol. The molecule has 2 unspecified atom stereocenters. The van der Waals surface area contributed by atoms with Crippen molar-refractivity contribution in [3.8, 4) is 0 Å². The molecule has 0 spiro atoms. The number of aromatic amines is 1. The van der Waals surface area contributed by atoms with Crippen LogP contribution in [0.15, 0.2) is 12.5 Å². The second kappa shape index (κ2) is 4.59. The molecular formula is C18H25N3O. The van der Waals surface area contributed by atoms with Crippen LogP contribution in [0.25, 0.3) is 0 Å². The highest BCUT2D eigenvalue weighted by Crippen LogP contribution is 2.59. The normalized spacial score (nSPS) is 45.0. The van der Waals surface area contributed by atoms with Crippen molar-refractivity contribution in [3.05, 3.63) is 18.2 Å². The Balaban J connectivity index is 1.20. The van der Waals surface area contributed by atoms with Crippen molar-refractivity contribution in [1.82, 2.24) is 15.3 Å². The lowest BCUT2D eigenvalue weighted by molar-refractivity contribution is -0.124. The number of rotatable bonds is 4. The third-order valence-electron chi connectivity index (χ3n) is 6.85. The van der Waals surface area contributed by atoms with Crippen LogP contribution in [-0.2, 0) is 4.79 Å². The molecule has 2 atom stereocenters. The summed E-state index contributed by atoms with van der Waals surface area (Å²) in [4.78, 5) is 19.7. The summed E-state index contributed by atoms with van der Waals surface area (Å²) < 4.78 is 0. The van der Waals surface area contributed by atoms with Gasteiger partial charge in [0.25, 0.3) is 0 Å². The summed E-state index contributed by atoms with van der Waals surface area (Å²) in [7, 11) is 0. The zero-order valence-electron chi connectivity index (χ0n) is 13.1. The van der Waals surface area contributed by atoms with Gasteiger partial charge in [-0.25, -0.2) is 4.98 Å². The third kappa shape index (κ3) is 2.10. The molecule has 0 radical (unpaired) electrons. The molecule has 5 fully saturated rings. The summed E-state index contributed by atoms with van der Waals surface area (Å²) >= 11 is 0. The van der Waals surface area contributed by atoms with Gasteiger partial charge in [-0.2, -0.15) is 0 Å². The van der Waals surface area contributed by atoms with Gasteiger partial charge in [0.05, 0.1) is 6.33 Å². The summed E-state index contributed by atoms with van der Waals surface area (Å²) in [5, 5.41) is 3.32. The van der Waals surface area contributed by atoms with Crippen LogP contribution in [0.2, 0.25) is 0 Å². The zero-order chi connectivity index (χ0) is 14.7. The van der Waals surface area contributed by atoms with E-state index in [4.69, 9.17) is 0 Å². The van der Waals surface area contributed by atoms with Crippen LogP contribution in [0.5, 0.6) is 0 Å². The zero-order valence-corrected chi connectivity index (χ0v) is 13.1. The highest BCUT2D eigenvalue weighted by Gasteiger charge is 2.51. The standard InChI is InChI=1S/C18H25N3O/c22-17(15-4-14(15)16-8-19-10-21-16)20-9-18-5-11-1-12(6-18)3-13(2-11)7-18/h8,10-15H,1-7,9H2,(H,19,21)(H,20,22). The van der Waals surface area contributed by atoms with Gasteiger partial charge in [0.15, 0.2) is 0 Å². The molecule has 5 saturated carbocycles. The lowest BCUT2D eigenvalue weighted by atomic mass is 9.49. The van der Waals surface area contributed by atoms with Crippen molar-refractivity contribution in [1.29, 1.82) is 0 Å². The van der Waals surface area contributed by atoms with Gasteiger partial charge < -0.3 is 10.3 Å². The molecule has 0 aliphatic heterocycles. The summed E-state index contributed by atoms with van der Waals surface area (Å²) in [6, 6.07) is 0. The fourth-order valence-electron chi connectivity index (χ4n) is 6.21. The predicted molar refractivity (Wildman–Crippen MR) is 83.1 cm³/mol. The fourth-order valence-corrected chi connectivity index (χ4v) is 6.21. The Hall–Kier alpha value is -1.32. The molecule has 22 heavy (non-hydrogen) atoms. The number of hydrogen-bond donors (Lipinski definition) is 2. The Morgan fingerprint density at radius 1 is 1.18 bits per heavy atom. The number of hydrogen-bond acceptors (Lipinski definition) is 2. The van der Waals surface area contributed by atoms with Crippen LogP contribution in [0.4, 0.5) is 0 Å². The number of carbonyl (C=O) groups excluding carboxylic acids is 1. The molecule has 0 aromatic carbocycles. The quantitative estimate of drug-likeness (QED) is 0.898. The van der Waals surface area contributed by atoms with Crippen LogP contribution >= 0.6 is 0 Å². The van der Waals surface area contributed by atoms with E-state index in [2.05, 4.69) is 15.3 Å². The fraction of sp³-hybridized carbons (Fsp3) is 0.778. The van der Waals surface area contributed by atoms with E-state index in [9.17, 15) is 4.79 Å². The number of nitrogens with one attached hydrogen (secondary N) is 2. The first kappa shape index (κ1) is 13.1. The number of nitrogens with zero attached hydrogens (tertiary/aromatic N) is 1. The molecule has 2 N–H and O–H groups in total. The van der Waals surface area contributed by atoms with E-state index in [1.807, 2.05) is 6.20 Å². The van der Waals surface area contributed by atoms with Crippen molar-refractivity contribution in [3.63, 3.8) is 0 Å². The van der Waals surface area contributed by atoms with Crippen LogP contribution in [0.1, 0.15) is 56.6 Å². The van der Waals surface area contributed by atoms with Crippen molar-refractivity contribution >= 4 is 5.91 Å². The smallest absolute Gasteiger partial charge is 0.223 e. The number of carbonyl (C=O) groups is 1. The van der Waals surface area contributed by atoms with E-state index in [1.54, 1.807) is 6.33 Å². The van der Waals surface area contributed by atoms with E-state index in [1.165, 1.54) is 38.5 Å². The molecule has 1 amide bonds. The topological polar surface area (TPSA) is 57.8 Å². The second-order valence-electron chi connectivity index (χ2n) is 8.59. The van der Waals surface area contributed by atoms with Gasteiger partial charge in [-0.05, 0) is 68.1 Å². The van der Waals surface area contributed by atoms with Crippen molar-refractivity contribution in [2.45, 2.75) is 50.9 Å². The predicted octanol–water partition coefficient (Wildman–Crippen LogP) is 2.85. The molecule has 1 aromatic heterocycles. The monoisotopic (exact) mass is 299 g/mol. The molecule has 118 valence electrons. The van der Waals surface area contributed by atoms with Gasteiger partial charge in [0, 0.05) is 30.3 Å². The third-order valence-corrected chi connectivity index (χ3v) is 6.85. The van der Waals surface area contributed by atoms with E-state index >= 15 is 0 Å². The number of imidazole rings is 1. The van der Waals surface area contributed by atoms with Gasteiger partial charge in [-0.3, -0.25) is 4.79 Å². The van der Waals surface area contributed by atoms with Gasteiger partial charge in [-0.15, -0.1) is 0 Å². The maximum Gasteiger partial charge on any atom is 0.223 e. The molecule has 0 saturated heterocycles. The van der Waals surface area contributed by atoms with Crippen LogP contribution in [0, 0.1) is 29.1 Å². The summed E-state index contributed by atoms with van der Waals surface area (Å²) in [5.74, 6) is 3.70. The summed E-state index contributed by atoms with van der Waals surface area (Å²) in [6.45, 7) is 0.932. The van der Waals surface area contributed by atoms with E-state index in [-0.39, 0.29) is 11.8 Å². The van der Waals surface area contributed by atoms with Crippen LogP contribution in [0.3, 0.4) is 0 Å². The van der Waals surface area contributed by atoms with E-state index in [0.717, 1.165) is 36.4 Å². The first-order valence-corrected chi connectivity index (χ1v) is 8.97. The van der Waals surface area contributed by atoms with Gasteiger partial charge in [0.2, 0.25) is 5.91 Å². The summed E-state index contributed by atoms with van der Waals surface area (Å²) in [6.07, 6.45) is 13.1. The number of aromatic nitrogens is 2. The lowest BCUT2D eigenvalue weighted by Gasteiger charge is -2.56. The largest absolute Gasteiger partial charge is 0.355 e. The Morgan fingerprint density at radius 3 is 2.45 bits per heavy atom. The summed E-state index contributed by atoms with van der Waals surface area (Å²) in [5.41, 5.74) is 1.57. The Bertz CT molecular complexity index is 544. The van der Waals surface area contributed by atoms with E-state index < -0.39 is 0 Å². The molecule has 4 heteroatoms. The van der Waals surface area contributed by atoms with Crippen LogP contribution < -0.4 is 5.32 Å². The maximum atomic E-state index is 12.5.